The molecule has 0 aromatic heterocycles. The Kier molecular flexibility index (Phi) is 25.9. The molecular formula is C3H10O6Si. The van der Waals surface area contributed by atoms with Gasteiger partial charge in [0.15, 0.2) is 0 Å². The summed E-state index contributed by atoms with van der Waals surface area (Å²) in [6.45, 7) is -0.729. The van der Waals surface area contributed by atoms with Gasteiger partial charge in [-0.3, -0.25) is 8.92 Å². The van der Waals surface area contributed by atoms with Crippen LogP contribution in [-0.2, 0) is 8.92 Å². The molecular weight excluding hydrogens is 160 g/mol. The van der Waals surface area contributed by atoms with Gasteiger partial charge in [0, 0.05) is 0 Å². The SMILES string of the molecule is O.O=[Si]=O.OCC(O)CO. The molecule has 0 aliphatic rings. The monoisotopic (exact) mass is 170 g/mol. The van der Waals surface area contributed by atoms with E-state index in [9.17, 15) is 0 Å². The average Bonchev–Trinajstić information content (AvgIpc) is 1.88. The predicted octanol–water partition coefficient (Wildman–Crippen LogP) is -3.11. The fourth-order valence-corrected chi connectivity index (χ4v) is 0.0577. The van der Waals surface area contributed by atoms with Crippen LogP contribution < -0.4 is 0 Å². The third kappa shape index (κ3) is 25.4. The van der Waals surface area contributed by atoms with Gasteiger partial charge in [-0.1, -0.05) is 0 Å². The second-order valence-corrected chi connectivity index (χ2v) is 1.27. The van der Waals surface area contributed by atoms with Crippen LogP contribution in [0.2, 0.25) is 0 Å². The molecule has 0 saturated heterocycles. The fraction of sp³-hybridized carbons (Fsp3) is 1.00. The minimum absolute atomic E-state index is 0. The fourth-order valence-electron chi connectivity index (χ4n) is 0.0577. The van der Waals surface area contributed by atoms with Crippen LogP contribution in [0.15, 0.2) is 0 Å². The first kappa shape index (κ1) is 16.3. The van der Waals surface area contributed by atoms with Crippen molar-refractivity contribution in [1.82, 2.24) is 0 Å². The lowest BCUT2D eigenvalue weighted by Crippen LogP contribution is -2.15. The van der Waals surface area contributed by atoms with Crippen LogP contribution in [0.25, 0.3) is 0 Å². The molecule has 0 radical (unpaired) electrons. The van der Waals surface area contributed by atoms with Crippen molar-refractivity contribution in [3.8, 4) is 0 Å². The molecule has 0 aromatic rings. The number of hydrogen-bond donors (Lipinski definition) is 3. The lowest BCUT2D eigenvalue weighted by molar-refractivity contribution is 0.0450. The summed E-state index contributed by atoms with van der Waals surface area (Å²) in [4.78, 5) is 0. The summed E-state index contributed by atoms with van der Waals surface area (Å²) in [7, 11) is -1.42. The van der Waals surface area contributed by atoms with E-state index < -0.39 is 15.4 Å². The Morgan fingerprint density at radius 2 is 1.40 bits per heavy atom. The van der Waals surface area contributed by atoms with E-state index in [0.29, 0.717) is 0 Å². The third-order valence-corrected chi connectivity index (χ3v) is 0.421. The van der Waals surface area contributed by atoms with Crippen LogP contribution in [0, 0.1) is 0 Å². The third-order valence-electron chi connectivity index (χ3n) is 0.421. The second kappa shape index (κ2) is 15.9. The molecule has 5 N–H and O–H groups in total. The largest absolute Gasteiger partial charge is 0.549 e. The van der Waals surface area contributed by atoms with Crippen LogP contribution >= 0.6 is 0 Å². The van der Waals surface area contributed by atoms with E-state index >= 15 is 0 Å². The smallest absolute Gasteiger partial charge is 0.412 e. The maximum Gasteiger partial charge on any atom is 0.549 e. The summed E-state index contributed by atoms with van der Waals surface area (Å²) in [5, 5.41) is 24.0. The zero-order valence-electron chi connectivity index (χ0n) is 5.15. The normalized spacial score (nSPS) is 6.80. The van der Waals surface area contributed by atoms with E-state index in [1.165, 1.54) is 0 Å². The lowest BCUT2D eigenvalue weighted by atomic mass is 10.4. The first-order valence-corrected chi connectivity index (χ1v) is 2.93. The highest BCUT2D eigenvalue weighted by molar-refractivity contribution is 5.94. The Bertz CT molecular complexity index is 75.1. The van der Waals surface area contributed by atoms with Crippen molar-refractivity contribution in [2.24, 2.45) is 0 Å². The van der Waals surface area contributed by atoms with Gasteiger partial charge >= 0.3 is 9.29 Å². The molecule has 62 valence electrons. The molecule has 0 atom stereocenters. The van der Waals surface area contributed by atoms with Crippen molar-refractivity contribution in [3.63, 3.8) is 0 Å². The van der Waals surface area contributed by atoms with Gasteiger partial charge in [-0.05, 0) is 0 Å². The Hall–Kier alpha value is -0.343. The van der Waals surface area contributed by atoms with Crippen molar-refractivity contribution in [1.29, 1.82) is 0 Å². The van der Waals surface area contributed by atoms with Crippen molar-refractivity contribution < 1.29 is 29.7 Å². The van der Waals surface area contributed by atoms with Gasteiger partial charge in [0.1, 0.15) is 6.10 Å². The Morgan fingerprint density at radius 3 is 1.40 bits per heavy atom. The van der Waals surface area contributed by atoms with Crippen molar-refractivity contribution in [2.45, 2.75) is 6.10 Å². The molecule has 0 fully saturated rings. The van der Waals surface area contributed by atoms with E-state index in [1.807, 2.05) is 0 Å². The van der Waals surface area contributed by atoms with Crippen molar-refractivity contribution >= 4 is 9.29 Å². The number of aliphatic hydroxyl groups excluding tert-OH is 3. The molecule has 0 spiro atoms. The molecule has 0 rings (SSSR count). The minimum Gasteiger partial charge on any atom is -0.412 e. The summed E-state index contributed by atoms with van der Waals surface area (Å²) < 4.78 is 16.8. The number of aliphatic hydroxyl groups is 3. The van der Waals surface area contributed by atoms with Gasteiger partial charge in [0.25, 0.3) is 0 Å². The molecule has 10 heavy (non-hydrogen) atoms. The maximum atomic E-state index is 8.40. The Morgan fingerprint density at radius 1 is 1.20 bits per heavy atom. The minimum atomic E-state index is -1.42. The molecule has 0 heterocycles. The molecule has 0 aliphatic carbocycles. The van der Waals surface area contributed by atoms with Crippen LogP contribution in [-0.4, -0.2) is 49.4 Å². The Balaban J connectivity index is -0.000000107. The standard InChI is InChI=1S/C3H8O3.O2Si.H2O/c4-1-3(6)2-5;1-3-2;/h3-6H,1-2H2;;1H2. The molecule has 0 amide bonds. The van der Waals surface area contributed by atoms with Crippen LogP contribution in [0.3, 0.4) is 0 Å². The summed E-state index contributed by atoms with van der Waals surface area (Å²) in [5.74, 6) is 0. The van der Waals surface area contributed by atoms with E-state index in [4.69, 9.17) is 24.2 Å². The van der Waals surface area contributed by atoms with E-state index in [1.54, 1.807) is 0 Å². The van der Waals surface area contributed by atoms with Crippen molar-refractivity contribution in [2.75, 3.05) is 13.2 Å². The summed E-state index contributed by atoms with van der Waals surface area (Å²) in [6, 6.07) is 0. The van der Waals surface area contributed by atoms with Gasteiger partial charge in [-0.15, -0.1) is 0 Å². The van der Waals surface area contributed by atoms with Crippen LogP contribution in [0.5, 0.6) is 0 Å². The lowest BCUT2D eigenvalue weighted by Gasteiger charge is -1.96. The zero-order chi connectivity index (χ0) is 7.70. The average molecular weight is 170 g/mol. The highest BCUT2D eigenvalue weighted by atomic mass is 28.2. The van der Waals surface area contributed by atoms with Crippen LogP contribution in [0.1, 0.15) is 0 Å². The van der Waals surface area contributed by atoms with Crippen LogP contribution in [0.4, 0.5) is 0 Å². The highest BCUT2D eigenvalue weighted by Gasteiger charge is 1.93. The summed E-state index contributed by atoms with van der Waals surface area (Å²) in [5.41, 5.74) is 0. The summed E-state index contributed by atoms with van der Waals surface area (Å²) >= 11 is 0. The maximum absolute atomic E-state index is 8.40. The summed E-state index contributed by atoms with van der Waals surface area (Å²) in [6.07, 6.45) is -0.954. The van der Waals surface area contributed by atoms with Gasteiger partial charge in [0.2, 0.25) is 0 Å². The quantitative estimate of drug-likeness (QED) is 0.378. The number of rotatable bonds is 2. The number of hydrogen-bond acceptors (Lipinski definition) is 5. The Labute approximate surface area is 59.4 Å². The van der Waals surface area contributed by atoms with Crippen molar-refractivity contribution in [3.05, 3.63) is 0 Å². The molecule has 0 bridgehead atoms. The van der Waals surface area contributed by atoms with Gasteiger partial charge < -0.3 is 20.8 Å². The van der Waals surface area contributed by atoms with E-state index in [0.717, 1.165) is 0 Å². The molecule has 0 saturated carbocycles. The van der Waals surface area contributed by atoms with Gasteiger partial charge in [-0.2, -0.15) is 0 Å². The predicted molar refractivity (Wildman–Crippen MR) is 30.9 cm³/mol. The van der Waals surface area contributed by atoms with E-state index in [-0.39, 0.29) is 18.7 Å². The molecule has 0 aliphatic heterocycles. The van der Waals surface area contributed by atoms with Gasteiger partial charge in [0.05, 0.1) is 13.2 Å². The molecule has 6 nitrogen and oxygen atoms in total. The first-order valence-electron chi connectivity index (χ1n) is 2.12. The zero-order valence-corrected chi connectivity index (χ0v) is 6.15. The first-order chi connectivity index (χ1) is 4.22. The highest BCUT2D eigenvalue weighted by Crippen LogP contribution is 1.71. The van der Waals surface area contributed by atoms with Gasteiger partial charge in [-0.25, -0.2) is 0 Å². The second-order valence-electron chi connectivity index (χ2n) is 1.10. The molecule has 7 heteroatoms. The topological polar surface area (TPSA) is 126 Å². The molecule has 0 unspecified atom stereocenters. The molecule has 0 aromatic carbocycles. The van der Waals surface area contributed by atoms with E-state index in [2.05, 4.69) is 0 Å².